The third kappa shape index (κ3) is 3.22. The Morgan fingerprint density at radius 2 is 1.95 bits per heavy atom. The molecule has 2 aromatic rings. The molecular weight excluding hydrogens is 244 g/mol. The molecule has 19 heavy (non-hydrogen) atoms. The van der Waals surface area contributed by atoms with Crippen molar-refractivity contribution in [3.05, 3.63) is 48.2 Å². The fraction of sp³-hybridized carbons (Fsp3) is 0.143. The van der Waals surface area contributed by atoms with Crippen LogP contribution in [0, 0.1) is 0 Å². The lowest BCUT2D eigenvalue weighted by atomic mass is 10.2. The number of carbonyl (C=O) groups is 1. The number of nitrogens with zero attached hydrogens (tertiary/aromatic N) is 1. The second-order valence-electron chi connectivity index (χ2n) is 3.75. The first-order chi connectivity index (χ1) is 9.22. The van der Waals surface area contributed by atoms with Crippen LogP contribution in [0.2, 0.25) is 0 Å². The number of hydrogen-bond acceptors (Lipinski definition) is 5. The molecule has 0 bridgehead atoms. The highest BCUT2D eigenvalue weighted by Gasteiger charge is 2.07. The summed E-state index contributed by atoms with van der Waals surface area (Å²) in [6.07, 6.45) is 1.50. The van der Waals surface area contributed by atoms with Gasteiger partial charge in [-0.3, -0.25) is 0 Å². The highest BCUT2D eigenvalue weighted by Crippen LogP contribution is 2.21. The summed E-state index contributed by atoms with van der Waals surface area (Å²) >= 11 is 0. The minimum atomic E-state index is -0.419. The molecule has 98 valence electrons. The first-order valence-electron chi connectivity index (χ1n) is 5.73. The summed E-state index contributed by atoms with van der Waals surface area (Å²) in [6.45, 7) is 0. The molecule has 0 spiro atoms. The molecule has 1 aromatic heterocycles. The van der Waals surface area contributed by atoms with Gasteiger partial charge in [-0.05, 0) is 30.3 Å². The average molecular weight is 258 g/mol. The van der Waals surface area contributed by atoms with Crippen LogP contribution in [0.5, 0.6) is 11.6 Å². The van der Waals surface area contributed by atoms with Crippen LogP contribution in [0.25, 0.3) is 0 Å². The number of aromatic nitrogens is 1. The van der Waals surface area contributed by atoms with Crippen LogP contribution in [0.15, 0.2) is 42.6 Å². The Hall–Kier alpha value is -2.56. The molecule has 0 unspecified atom stereocenters. The van der Waals surface area contributed by atoms with Crippen molar-refractivity contribution in [3.8, 4) is 11.6 Å². The number of pyridine rings is 1. The summed E-state index contributed by atoms with van der Waals surface area (Å²) in [4.78, 5) is 15.4. The molecule has 1 heterocycles. The van der Waals surface area contributed by atoms with Crippen molar-refractivity contribution >= 4 is 11.7 Å². The third-order valence-corrected chi connectivity index (χ3v) is 2.52. The van der Waals surface area contributed by atoms with Crippen molar-refractivity contribution in [1.82, 2.24) is 4.98 Å². The smallest absolute Gasteiger partial charge is 0.338 e. The monoisotopic (exact) mass is 258 g/mol. The summed E-state index contributed by atoms with van der Waals surface area (Å²) in [5.41, 5.74) is 1.39. The largest absolute Gasteiger partial charge is 0.465 e. The summed E-state index contributed by atoms with van der Waals surface area (Å²) in [6, 6.07) is 10.5. The predicted octanol–water partition coefficient (Wildman–Crippen LogP) is 2.70. The second-order valence-corrected chi connectivity index (χ2v) is 3.75. The number of rotatable bonds is 4. The standard InChI is InChI=1S/C14H14N2O3/c1-15-11-3-5-12(6-4-11)19-13-9-10(7-8-16-13)14(17)18-2/h3-9,15H,1-2H3. The van der Waals surface area contributed by atoms with Crippen molar-refractivity contribution < 1.29 is 14.3 Å². The zero-order valence-electron chi connectivity index (χ0n) is 10.7. The number of benzene rings is 1. The number of carbonyl (C=O) groups excluding carboxylic acids is 1. The van der Waals surface area contributed by atoms with Crippen molar-refractivity contribution in [2.45, 2.75) is 0 Å². The fourth-order valence-electron chi connectivity index (χ4n) is 1.52. The van der Waals surface area contributed by atoms with Crippen LogP contribution in [0.3, 0.4) is 0 Å². The summed E-state index contributed by atoms with van der Waals surface area (Å²) in [5.74, 6) is 0.575. The van der Waals surface area contributed by atoms with Crippen molar-refractivity contribution in [1.29, 1.82) is 0 Å². The molecule has 0 aliphatic carbocycles. The fourth-order valence-corrected chi connectivity index (χ4v) is 1.52. The van der Waals surface area contributed by atoms with Gasteiger partial charge in [0.15, 0.2) is 0 Å². The van der Waals surface area contributed by atoms with Gasteiger partial charge in [-0.15, -0.1) is 0 Å². The highest BCUT2D eigenvalue weighted by molar-refractivity contribution is 5.89. The number of methoxy groups -OCH3 is 1. The van der Waals surface area contributed by atoms with E-state index in [9.17, 15) is 4.79 Å². The van der Waals surface area contributed by atoms with Crippen LogP contribution < -0.4 is 10.1 Å². The lowest BCUT2D eigenvalue weighted by Crippen LogP contribution is -2.01. The molecule has 1 aromatic carbocycles. The minimum Gasteiger partial charge on any atom is -0.465 e. The first kappa shape index (κ1) is 12.9. The predicted molar refractivity (Wildman–Crippen MR) is 71.6 cm³/mol. The molecular formula is C14H14N2O3. The molecule has 0 radical (unpaired) electrons. The van der Waals surface area contributed by atoms with E-state index in [1.807, 2.05) is 31.3 Å². The van der Waals surface area contributed by atoms with Gasteiger partial charge in [0.25, 0.3) is 0 Å². The average Bonchev–Trinajstić information content (AvgIpc) is 2.47. The minimum absolute atomic E-state index is 0.347. The number of anilines is 1. The van der Waals surface area contributed by atoms with Crippen LogP contribution in [-0.4, -0.2) is 25.1 Å². The Morgan fingerprint density at radius 3 is 2.58 bits per heavy atom. The molecule has 0 fully saturated rings. The molecule has 0 saturated heterocycles. The van der Waals surface area contributed by atoms with Gasteiger partial charge in [0.2, 0.25) is 5.88 Å². The lowest BCUT2D eigenvalue weighted by Gasteiger charge is -2.06. The Kier molecular flexibility index (Phi) is 3.97. The Morgan fingerprint density at radius 1 is 1.21 bits per heavy atom. The van der Waals surface area contributed by atoms with E-state index in [0.717, 1.165) is 5.69 Å². The van der Waals surface area contributed by atoms with Crippen molar-refractivity contribution in [3.63, 3.8) is 0 Å². The molecule has 5 nitrogen and oxygen atoms in total. The second kappa shape index (κ2) is 5.86. The zero-order chi connectivity index (χ0) is 13.7. The van der Waals surface area contributed by atoms with Crippen LogP contribution in [0.1, 0.15) is 10.4 Å². The number of hydrogen-bond donors (Lipinski definition) is 1. The summed E-state index contributed by atoms with van der Waals surface area (Å²) in [5, 5.41) is 3.02. The van der Waals surface area contributed by atoms with E-state index >= 15 is 0 Å². The quantitative estimate of drug-likeness (QED) is 0.854. The molecule has 0 amide bonds. The Balaban J connectivity index is 2.16. The molecule has 2 rings (SSSR count). The van der Waals surface area contributed by atoms with Gasteiger partial charge in [0, 0.05) is 25.0 Å². The van der Waals surface area contributed by atoms with Gasteiger partial charge in [-0.2, -0.15) is 0 Å². The maximum Gasteiger partial charge on any atom is 0.338 e. The topological polar surface area (TPSA) is 60.5 Å². The van der Waals surface area contributed by atoms with Gasteiger partial charge in [0.1, 0.15) is 5.75 Å². The van der Waals surface area contributed by atoms with Gasteiger partial charge in [-0.1, -0.05) is 0 Å². The maximum atomic E-state index is 11.4. The van der Waals surface area contributed by atoms with Gasteiger partial charge < -0.3 is 14.8 Å². The third-order valence-electron chi connectivity index (χ3n) is 2.52. The van der Waals surface area contributed by atoms with Crippen molar-refractivity contribution in [2.75, 3.05) is 19.5 Å². The van der Waals surface area contributed by atoms with Crippen LogP contribution in [-0.2, 0) is 4.74 Å². The zero-order valence-corrected chi connectivity index (χ0v) is 10.7. The maximum absolute atomic E-state index is 11.4. The Bertz CT molecular complexity index is 567. The number of nitrogens with one attached hydrogen (secondary N) is 1. The first-order valence-corrected chi connectivity index (χ1v) is 5.73. The summed E-state index contributed by atoms with van der Waals surface area (Å²) in [7, 11) is 3.18. The van der Waals surface area contributed by atoms with E-state index in [4.69, 9.17) is 4.74 Å². The molecule has 1 N–H and O–H groups in total. The van der Waals surface area contributed by atoms with E-state index in [2.05, 4.69) is 15.0 Å². The molecule has 0 atom stereocenters. The van der Waals surface area contributed by atoms with Crippen molar-refractivity contribution in [2.24, 2.45) is 0 Å². The van der Waals surface area contributed by atoms with E-state index in [-0.39, 0.29) is 0 Å². The molecule has 0 saturated carbocycles. The molecule has 0 aliphatic rings. The number of ether oxygens (including phenoxy) is 2. The lowest BCUT2D eigenvalue weighted by molar-refractivity contribution is 0.0600. The van der Waals surface area contributed by atoms with E-state index < -0.39 is 5.97 Å². The van der Waals surface area contributed by atoms with Gasteiger partial charge in [0.05, 0.1) is 12.7 Å². The van der Waals surface area contributed by atoms with E-state index in [1.54, 1.807) is 6.07 Å². The SMILES string of the molecule is CNc1ccc(Oc2cc(C(=O)OC)ccn2)cc1. The van der Waals surface area contributed by atoms with Gasteiger partial charge in [-0.25, -0.2) is 9.78 Å². The summed E-state index contributed by atoms with van der Waals surface area (Å²) < 4.78 is 10.2. The Labute approximate surface area is 111 Å². The van der Waals surface area contributed by atoms with E-state index in [0.29, 0.717) is 17.2 Å². The molecule has 5 heteroatoms. The van der Waals surface area contributed by atoms with Gasteiger partial charge >= 0.3 is 5.97 Å². The van der Waals surface area contributed by atoms with E-state index in [1.165, 1.54) is 19.4 Å². The molecule has 0 aliphatic heterocycles. The van der Waals surface area contributed by atoms with Crippen LogP contribution in [0.4, 0.5) is 5.69 Å². The highest BCUT2D eigenvalue weighted by atomic mass is 16.5. The number of esters is 1. The normalized spacial score (nSPS) is 9.79. The van der Waals surface area contributed by atoms with Crippen LogP contribution >= 0.6 is 0 Å².